The standard InChI is InChI=1S/C27H28N2O5/c1-15-11-16(2)18(12-17(15)14-33-26-22(31-3)9-6-10-23(26)32-4)24-19(13-28)27(29)34-21-8-5-7-20(30)25(21)24/h6,9-12,24H,5,7-8,14,29H2,1-4H3/t24-/m0/s1. The number of ether oxygens (including phenoxy) is 4. The lowest BCUT2D eigenvalue weighted by atomic mass is 9.75. The van der Waals surface area contributed by atoms with E-state index in [2.05, 4.69) is 6.07 Å². The molecule has 0 saturated carbocycles. The summed E-state index contributed by atoms with van der Waals surface area (Å²) < 4.78 is 22.7. The van der Waals surface area contributed by atoms with Gasteiger partial charge in [0.2, 0.25) is 11.6 Å². The van der Waals surface area contributed by atoms with Crippen molar-refractivity contribution in [1.82, 2.24) is 0 Å². The normalized spacial score (nSPS) is 17.6. The average molecular weight is 461 g/mol. The van der Waals surface area contributed by atoms with Crippen LogP contribution in [0.25, 0.3) is 0 Å². The van der Waals surface area contributed by atoms with Gasteiger partial charge in [0, 0.05) is 18.4 Å². The topological polar surface area (TPSA) is 104 Å². The Morgan fingerprint density at radius 1 is 1.12 bits per heavy atom. The van der Waals surface area contributed by atoms with Crippen molar-refractivity contribution in [2.45, 2.75) is 45.6 Å². The number of carbonyl (C=O) groups is 1. The van der Waals surface area contributed by atoms with Crippen molar-refractivity contribution in [3.05, 3.63) is 75.4 Å². The number of aryl methyl sites for hydroxylation is 2. The summed E-state index contributed by atoms with van der Waals surface area (Å²) in [4.78, 5) is 12.9. The lowest BCUT2D eigenvalue weighted by Crippen LogP contribution is -2.28. The first-order valence-corrected chi connectivity index (χ1v) is 11.2. The highest BCUT2D eigenvalue weighted by atomic mass is 16.5. The second-order valence-electron chi connectivity index (χ2n) is 8.45. The number of rotatable bonds is 6. The molecule has 2 aromatic carbocycles. The van der Waals surface area contributed by atoms with E-state index < -0.39 is 5.92 Å². The van der Waals surface area contributed by atoms with E-state index in [1.165, 1.54) is 0 Å². The number of carbonyl (C=O) groups excluding carboxylic acids is 1. The molecule has 2 aliphatic rings. The molecule has 4 rings (SSSR count). The van der Waals surface area contributed by atoms with Crippen LogP contribution in [0.2, 0.25) is 0 Å². The van der Waals surface area contributed by atoms with Crippen molar-refractivity contribution in [2.24, 2.45) is 5.73 Å². The number of Topliss-reactive ketones (excluding diaryl/α,β-unsaturated/α-hetero) is 1. The molecule has 0 amide bonds. The predicted octanol–water partition coefficient (Wildman–Crippen LogP) is 4.71. The van der Waals surface area contributed by atoms with Crippen LogP contribution in [0, 0.1) is 25.2 Å². The summed E-state index contributed by atoms with van der Waals surface area (Å²) in [6, 6.07) is 11.7. The van der Waals surface area contributed by atoms with Crippen LogP contribution in [-0.2, 0) is 16.1 Å². The molecule has 1 aliphatic heterocycles. The molecule has 1 heterocycles. The Labute approximate surface area is 199 Å². The predicted molar refractivity (Wildman–Crippen MR) is 126 cm³/mol. The first kappa shape index (κ1) is 23.2. The van der Waals surface area contributed by atoms with Crippen molar-refractivity contribution >= 4 is 5.78 Å². The van der Waals surface area contributed by atoms with Gasteiger partial charge in [-0.05, 0) is 54.7 Å². The molecule has 7 heteroatoms. The molecule has 0 fully saturated rings. The van der Waals surface area contributed by atoms with Gasteiger partial charge in [-0.2, -0.15) is 5.26 Å². The molecule has 0 radical (unpaired) electrons. The molecular weight excluding hydrogens is 432 g/mol. The molecule has 1 aliphatic carbocycles. The van der Waals surface area contributed by atoms with Gasteiger partial charge in [0.25, 0.3) is 0 Å². The van der Waals surface area contributed by atoms with Gasteiger partial charge in [-0.3, -0.25) is 4.79 Å². The molecular formula is C27H28N2O5. The van der Waals surface area contributed by atoms with Crippen LogP contribution < -0.4 is 19.9 Å². The molecule has 0 bridgehead atoms. The maximum atomic E-state index is 12.9. The van der Waals surface area contributed by atoms with Crippen LogP contribution in [0.1, 0.15) is 47.4 Å². The van der Waals surface area contributed by atoms with Gasteiger partial charge in [0.05, 0.1) is 20.1 Å². The van der Waals surface area contributed by atoms with Crippen molar-refractivity contribution in [3.63, 3.8) is 0 Å². The lowest BCUT2D eigenvalue weighted by molar-refractivity contribution is -0.116. The van der Waals surface area contributed by atoms with E-state index in [9.17, 15) is 10.1 Å². The van der Waals surface area contributed by atoms with Gasteiger partial charge in [-0.15, -0.1) is 0 Å². The Morgan fingerprint density at radius 2 is 1.82 bits per heavy atom. The molecule has 2 aromatic rings. The number of allylic oxidation sites excluding steroid dienone is 3. The van der Waals surface area contributed by atoms with Crippen LogP contribution in [-0.4, -0.2) is 20.0 Å². The van der Waals surface area contributed by atoms with E-state index in [0.29, 0.717) is 47.8 Å². The van der Waals surface area contributed by atoms with Crippen molar-refractivity contribution in [2.75, 3.05) is 14.2 Å². The van der Waals surface area contributed by atoms with Crippen LogP contribution >= 0.6 is 0 Å². The maximum absolute atomic E-state index is 12.9. The highest BCUT2D eigenvalue weighted by Crippen LogP contribution is 2.45. The number of benzene rings is 2. The molecule has 0 spiro atoms. The number of hydrogen-bond acceptors (Lipinski definition) is 7. The van der Waals surface area contributed by atoms with Gasteiger partial charge in [0.15, 0.2) is 17.3 Å². The summed E-state index contributed by atoms with van der Waals surface area (Å²) in [5.74, 6) is 1.74. The summed E-state index contributed by atoms with van der Waals surface area (Å²) in [7, 11) is 3.16. The monoisotopic (exact) mass is 460 g/mol. The number of methoxy groups -OCH3 is 2. The quantitative estimate of drug-likeness (QED) is 0.665. The first-order valence-electron chi connectivity index (χ1n) is 11.2. The third-order valence-corrected chi connectivity index (χ3v) is 6.40. The van der Waals surface area contributed by atoms with Crippen LogP contribution in [0.15, 0.2) is 53.1 Å². The SMILES string of the molecule is COc1cccc(OC)c1OCc1cc([C@H]2C(C#N)=C(N)OC3=C2C(=O)CCC3)c(C)cc1C. The number of nitrogens with zero attached hydrogens (tertiary/aromatic N) is 1. The second kappa shape index (κ2) is 9.52. The third kappa shape index (κ3) is 4.08. The molecule has 2 N–H and O–H groups in total. The molecule has 1 atom stereocenters. The van der Waals surface area contributed by atoms with E-state index in [1.54, 1.807) is 14.2 Å². The van der Waals surface area contributed by atoms with Crippen molar-refractivity contribution in [1.29, 1.82) is 5.26 Å². The summed E-state index contributed by atoms with van der Waals surface area (Å²) in [5, 5.41) is 9.90. The zero-order chi connectivity index (χ0) is 24.4. The summed E-state index contributed by atoms with van der Waals surface area (Å²) in [5.41, 5.74) is 10.7. The van der Waals surface area contributed by atoms with Crippen molar-refractivity contribution in [3.8, 4) is 23.3 Å². The van der Waals surface area contributed by atoms with E-state index in [1.807, 2.05) is 44.2 Å². The molecule has 176 valence electrons. The summed E-state index contributed by atoms with van der Waals surface area (Å²) in [6.07, 6.45) is 1.78. The van der Waals surface area contributed by atoms with Crippen LogP contribution in [0.5, 0.6) is 17.2 Å². The fourth-order valence-corrected chi connectivity index (χ4v) is 4.66. The summed E-state index contributed by atoms with van der Waals surface area (Å²) >= 11 is 0. The number of hydrogen-bond donors (Lipinski definition) is 1. The van der Waals surface area contributed by atoms with Gasteiger partial charge in [0.1, 0.15) is 24.0 Å². The molecule has 0 unspecified atom stereocenters. The van der Waals surface area contributed by atoms with E-state index in [-0.39, 0.29) is 23.8 Å². The van der Waals surface area contributed by atoms with Gasteiger partial charge in [-0.1, -0.05) is 18.2 Å². The minimum Gasteiger partial charge on any atom is -0.493 e. The molecule has 7 nitrogen and oxygen atoms in total. The van der Waals surface area contributed by atoms with E-state index in [4.69, 9.17) is 24.7 Å². The maximum Gasteiger partial charge on any atom is 0.205 e. The third-order valence-electron chi connectivity index (χ3n) is 6.40. The minimum absolute atomic E-state index is 0.00281. The Balaban J connectivity index is 1.77. The number of nitrogens with two attached hydrogens (primary N) is 1. The fraction of sp³-hybridized carbons (Fsp3) is 0.333. The number of ketones is 1. The fourth-order valence-electron chi connectivity index (χ4n) is 4.66. The molecule has 0 saturated heterocycles. The smallest absolute Gasteiger partial charge is 0.205 e. The van der Waals surface area contributed by atoms with E-state index in [0.717, 1.165) is 22.3 Å². The Morgan fingerprint density at radius 3 is 2.47 bits per heavy atom. The minimum atomic E-state index is -0.554. The van der Waals surface area contributed by atoms with Crippen LogP contribution in [0.3, 0.4) is 0 Å². The number of nitriles is 1. The largest absolute Gasteiger partial charge is 0.493 e. The zero-order valence-corrected chi connectivity index (χ0v) is 19.9. The Kier molecular flexibility index (Phi) is 6.51. The van der Waals surface area contributed by atoms with Gasteiger partial charge >= 0.3 is 0 Å². The van der Waals surface area contributed by atoms with Crippen molar-refractivity contribution < 1.29 is 23.7 Å². The lowest BCUT2D eigenvalue weighted by Gasteiger charge is -2.32. The highest BCUT2D eigenvalue weighted by Gasteiger charge is 2.38. The summed E-state index contributed by atoms with van der Waals surface area (Å²) in [6.45, 7) is 4.23. The second-order valence-corrected chi connectivity index (χ2v) is 8.45. The Hall–Kier alpha value is -3.92. The van der Waals surface area contributed by atoms with Gasteiger partial charge < -0.3 is 24.7 Å². The first-order chi connectivity index (χ1) is 16.4. The average Bonchev–Trinajstić information content (AvgIpc) is 2.82. The van der Waals surface area contributed by atoms with Gasteiger partial charge in [-0.25, -0.2) is 0 Å². The Bertz CT molecular complexity index is 1230. The van der Waals surface area contributed by atoms with E-state index >= 15 is 0 Å². The number of para-hydroxylation sites is 1. The van der Waals surface area contributed by atoms with Crippen LogP contribution in [0.4, 0.5) is 0 Å². The highest BCUT2D eigenvalue weighted by molar-refractivity contribution is 5.99. The zero-order valence-electron chi connectivity index (χ0n) is 19.9. The molecule has 0 aromatic heterocycles. The molecule has 34 heavy (non-hydrogen) atoms.